The van der Waals surface area contributed by atoms with Gasteiger partial charge in [-0.1, -0.05) is 53.7 Å². The maximum atomic E-state index is 12.9. The van der Waals surface area contributed by atoms with Crippen LogP contribution in [-0.2, 0) is 22.1 Å². The van der Waals surface area contributed by atoms with Crippen LogP contribution in [0.3, 0.4) is 0 Å². The van der Waals surface area contributed by atoms with Crippen LogP contribution in [0.4, 0.5) is 0 Å². The lowest BCUT2D eigenvalue weighted by Crippen LogP contribution is -2.24. The number of rotatable bonds is 6. The number of aromatic nitrogens is 4. The van der Waals surface area contributed by atoms with Crippen molar-refractivity contribution in [3.8, 4) is 11.6 Å². The van der Waals surface area contributed by atoms with Gasteiger partial charge in [-0.25, -0.2) is 13.1 Å². The second-order valence-electron chi connectivity index (χ2n) is 7.36. The van der Waals surface area contributed by atoms with Crippen LogP contribution in [0.1, 0.15) is 24.2 Å². The summed E-state index contributed by atoms with van der Waals surface area (Å²) in [5.41, 5.74) is 1.05. The quantitative estimate of drug-likeness (QED) is 0.470. The van der Waals surface area contributed by atoms with Gasteiger partial charge in [0.2, 0.25) is 0 Å². The van der Waals surface area contributed by atoms with Crippen molar-refractivity contribution in [2.24, 2.45) is 0 Å². The number of nitrogens with zero attached hydrogens (tertiary/aromatic N) is 4. The molecular formula is C21H18N4O4S. The molecule has 30 heavy (non-hydrogen) atoms. The Bertz CT molecular complexity index is 1390. The van der Waals surface area contributed by atoms with Crippen molar-refractivity contribution in [3.63, 3.8) is 0 Å². The fraction of sp³-hybridized carbons (Fsp3) is 0.238. The number of sulfone groups is 1. The van der Waals surface area contributed by atoms with Crippen LogP contribution >= 0.6 is 0 Å². The Kier molecular flexibility index (Phi) is 4.47. The second-order valence-corrected chi connectivity index (χ2v) is 9.65. The summed E-state index contributed by atoms with van der Waals surface area (Å²) in [4.78, 5) is 17.2. The highest BCUT2D eigenvalue weighted by atomic mass is 32.2. The predicted molar refractivity (Wildman–Crippen MR) is 110 cm³/mol. The van der Waals surface area contributed by atoms with Crippen LogP contribution in [-0.4, -0.2) is 33.6 Å². The van der Waals surface area contributed by atoms with E-state index in [1.807, 2.05) is 30.3 Å². The molecule has 1 fully saturated rings. The van der Waals surface area contributed by atoms with E-state index >= 15 is 0 Å². The van der Waals surface area contributed by atoms with Gasteiger partial charge in [0, 0.05) is 5.39 Å². The average Bonchev–Trinajstić information content (AvgIpc) is 3.52. The third kappa shape index (κ3) is 3.52. The standard InChI is InChI=1S/C21H18N4O4S/c26-21-17-9-5-4-8-16(17)19(23-25(21)12-14-6-2-1-3-7-14)20-22-18(24-29-20)13-30(27,28)15-10-11-15/h1-9,15H,10-13H2. The van der Waals surface area contributed by atoms with Crippen molar-refractivity contribution in [3.05, 3.63) is 76.3 Å². The summed E-state index contributed by atoms with van der Waals surface area (Å²) in [5, 5.41) is 9.07. The largest absolute Gasteiger partial charge is 0.332 e. The lowest BCUT2D eigenvalue weighted by Gasteiger charge is -2.09. The highest BCUT2D eigenvalue weighted by Gasteiger charge is 2.36. The molecule has 0 amide bonds. The number of benzene rings is 2. The van der Waals surface area contributed by atoms with Gasteiger partial charge in [-0.05, 0) is 24.5 Å². The minimum atomic E-state index is -3.27. The number of hydrogen-bond acceptors (Lipinski definition) is 7. The molecule has 4 aromatic rings. The maximum Gasteiger partial charge on any atom is 0.279 e. The lowest BCUT2D eigenvalue weighted by atomic mass is 10.1. The first-order chi connectivity index (χ1) is 14.5. The molecule has 1 aliphatic carbocycles. The van der Waals surface area contributed by atoms with Gasteiger partial charge in [0.1, 0.15) is 5.75 Å². The summed E-state index contributed by atoms with van der Waals surface area (Å²) >= 11 is 0. The minimum absolute atomic E-state index is 0.0917. The Balaban J connectivity index is 1.58. The first-order valence-electron chi connectivity index (χ1n) is 9.59. The summed E-state index contributed by atoms with van der Waals surface area (Å²) in [6.07, 6.45) is 1.37. The van der Waals surface area contributed by atoms with Crippen LogP contribution in [0.5, 0.6) is 0 Å². The molecular weight excluding hydrogens is 404 g/mol. The first kappa shape index (κ1) is 18.7. The minimum Gasteiger partial charge on any atom is -0.332 e. The molecule has 2 aromatic heterocycles. The van der Waals surface area contributed by atoms with Crippen LogP contribution in [0.15, 0.2) is 63.9 Å². The zero-order chi connectivity index (χ0) is 20.7. The average molecular weight is 422 g/mol. The second kappa shape index (κ2) is 7.17. The van der Waals surface area contributed by atoms with Gasteiger partial charge in [0.15, 0.2) is 21.4 Å². The van der Waals surface area contributed by atoms with E-state index in [1.165, 1.54) is 4.68 Å². The predicted octanol–water partition coefficient (Wildman–Crippen LogP) is 2.57. The highest BCUT2D eigenvalue weighted by Crippen LogP contribution is 2.31. The van der Waals surface area contributed by atoms with Gasteiger partial charge in [-0.3, -0.25) is 4.79 Å². The molecule has 0 spiro atoms. The molecule has 2 heterocycles. The van der Waals surface area contributed by atoms with Gasteiger partial charge < -0.3 is 4.52 Å². The topological polar surface area (TPSA) is 108 Å². The lowest BCUT2D eigenvalue weighted by molar-refractivity contribution is 0.422. The normalized spacial score (nSPS) is 14.3. The van der Waals surface area contributed by atoms with E-state index in [0.29, 0.717) is 29.3 Å². The molecule has 1 saturated carbocycles. The monoisotopic (exact) mass is 422 g/mol. The van der Waals surface area contributed by atoms with Crippen molar-refractivity contribution < 1.29 is 12.9 Å². The third-order valence-electron chi connectivity index (χ3n) is 5.08. The van der Waals surface area contributed by atoms with E-state index < -0.39 is 9.84 Å². The molecule has 0 radical (unpaired) electrons. The van der Waals surface area contributed by atoms with Crippen LogP contribution in [0.25, 0.3) is 22.4 Å². The third-order valence-corrected chi connectivity index (χ3v) is 7.22. The Morgan fingerprint density at radius 1 is 1.00 bits per heavy atom. The van der Waals surface area contributed by atoms with Crippen molar-refractivity contribution in [1.29, 1.82) is 0 Å². The Labute approximate surface area is 172 Å². The van der Waals surface area contributed by atoms with Gasteiger partial charge in [-0.2, -0.15) is 10.1 Å². The Hall–Kier alpha value is -3.33. The molecule has 5 rings (SSSR count). The van der Waals surface area contributed by atoms with Gasteiger partial charge >= 0.3 is 0 Å². The van der Waals surface area contributed by atoms with E-state index in [2.05, 4.69) is 15.2 Å². The Morgan fingerprint density at radius 2 is 1.70 bits per heavy atom. The molecule has 0 unspecified atom stereocenters. The van der Waals surface area contributed by atoms with E-state index in [1.54, 1.807) is 24.3 Å². The van der Waals surface area contributed by atoms with Crippen molar-refractivity contribution >= 4 is 20.6 Å². The SMILES string of the molecule is O=c1c2ccccc2c(-c2nc(CS(=O)(=O)C3CC3)no2)nn1Cc1ccccc1. The summed E-state index contributed by atoms with van der Waals surface area (Å²) < 4.78 is 31.2. The zero-order valence-corrected chi connectivity index (χ0v) is 16.7. The summed E-state index contributed by atoms with van der Waals surface area (Å²) in [6.45, 7) is 0.286. The fourth-order valence-electron chi connectivity index (χ4n) is 3.39. The van der Waals surface area contributed by atoms with Crippen molar-refractivity contribution in [1.82, 2.24) is 19.9 Å². The van der Waals surface area contributed by atoms with E-state index in [-0.39, 0.29) is 34.8 Å². The molecule has 8 nitrogen and oxygen atoms in total. The maximum absolute atomic E-state index is 12.9. The first-order valence-corrected chi connectivity index (χ1v) is 11.3. The van der Waals surface area contributed by atoms with Crippen molar-refractivity contribution in [2.45, 2.75) is 30.4 Å². The molecule has 1 aliphatic rings. The smallest absolute Gasteiger partial charge is 0.279 e. The molecule has 0 saturated heterocycles. The number of hydrogen-bond donors (Lipinski definition) is 0. The van der Waals surface area contributed by atoms with Gasteiger partial charge in [0.05, 0.1) is 17.2 Å². The molecule has 0 N–H and O–H groups in total. The van der Waals surface area contributed by atoms with E-state index in [4.69, 9.17) is 4.52 Å². The molecule has 0 atom stereocenters. The molecule has 152 valence electrons. The van der Waals surface area contributed by atoms with Crippen LogP contribution in [0, 0.1) is 0 Å². The van der Waals surface area contributed by atoms with Crippen molar-refractivity contribution in [2.75, 3.05) is 0 Å². The highest BCUT2D eigenvalue weighted by molar-refractivity contribution is 7.91. The Morgan fingerprint density at radius 3 is 2.43 bits per heavy atom. The summed E-state index contributed by atoms with van der Waals surface area (Å²) in [5.74, 6) is -0.0689. The van der Waals surface area contributed by atoms with Gasteiger partial charge in [0.25, 0.3) is 11.4 Å². The van der Waals surface area contributed by atoms with E-state index in [9.17, 15) is 13.2 Å². The number of fused-ring (bicyclic) bond motifs is 1. The molecule has 2 aromatic carbocycles. The van der Waals surface area contributed by atoms with Crippen LogP contribution in [0.2, 0.25) is 0 Å². The van der Waals surface area contributed by atoms with Gasteiger partial charge in [-0.15, -0.1) is 0 Å². The molecule has 0 bridgehead atoms. The molecule has 9 heteroatoms. The summed E-state index contributed by atoms with van der Waals surface area (Å²) in [7, 11) is -3.27. The summed E-state index contributed by atoms with van der Waals surface area (Å²) in [6, 6.07) is 16.6. The van der Waals surface area contributed by atoms with E-state index in [0.717, 1.165) is 5.56 Å². The zero-order valence-electron chi connectivity index (χ0n) is 15.9. The van der Waals surface area contributed by atoms with Crippen LogP contribution < -0.4 is 5.56 Å². The molecule has 0 aliphatic heterocycles. The fourth-order valence-corrected chi connectivity index (χ4v) is 4.96.